The summed E-state index contributed by atoms with van der Waals surface area (Å²) >= 11 is 12.2. The van der Waals surface area contributed by atoms with Crippen molar-refractivity contribution in [2.75, 3.05) is 0 Å². The molecule has 0 saturated carbocycles. The summed E-state index contributed by atoms with van der Waals surface area (Å²) < 4.78 is 44.5. The monoisotopic (exact) mass is 518 g/mol. The number of rotatable bonds is 4. The highest BCUT2D eigenvalue weighted by atomic mass is 35.5. The van der Waals surface area contributed by atoms with Gasteiger partial charge in [-0.15, -0.1) is 0 Å². The van der Waals surface area contributed by atoms with E-state index in [1.165, 1.54) is 30.6 Å². The van der Waals surface area contributed by atoms with E-state index in [9.17, 15) is 18.0 Å². The summed E-state index contributed by atoms with van der Waals surface area (Å²) in [6.45, 7) is -0.229. The Balaban J connectivity index is 1.60. The third kappa shape index (κ3) is 4.38. The minimum absolute atomic E-state index is 0.124. The van der Waals surface area contributed by atoms with E-state index in [0.29, 0.717) is 16.1 Å². The number of fused-ring (bicyclic) bond motifs is 1. The molecule has 0 fully saturated rings. The zero-order chi connectivity index (χ0) is 24.7. The van der Waals surface area contributed by atoms with E-state index in [4.69, 9.17) is 28.0 Å². The van der Waals surface area contributed by atoms with E-state index in [1.807, 2.05) is 0 Å². The third-order valence-corrected chi connectivity index (χ3v) is 6.10. The van der Waals surface area contributed by atoms with Crippen molar-refractivity contribution in [3.63, 3.8) is 0 Å². The van der Waals surface area contributed by atoms with Gasteiger partial charge in [-0.05, 0) is 35.9 Å². The third-order valence-electron chi connectivity index (χ3n) is 5.51. The standard InChI is InChI=1S/C24H15Cl2F3N4O2/c25-16-6-5-15(18(26)11-16)12-32-19-4-2-1-3-17(19)20(21(32)24(27,28)29)23(34)33-13-31-22(35-33)14-7-9-30-10-8-14/h1-11,13,22H,12H2. The van der Waals surface area contributed by atoms with Crippen LogP contribution in [0.3, 0.4) is 0 Å². The number of hydrogen-bond acceptors (Lipinski definition) is 4. The minimum atomic E-state index is -4.86. The molecule has 1 amide bonds. The Hall–Kier alpha value is -3.40. The molecule has 5 rings (SSSR count). The number of benzene rings is 2. The molecule has 0 radical (unpaired) electrons. The van der Waals surface area contributed by atoms with Gasteiger partial charge in [0.05, 0.1) is 5.56 Å². The number of hydroxylamine groups is 2. The van der Waals surface area contributed by atoms with Crippen molar-refractivity contribution in [3.05, 3.63) is 99.4 Å². The van der Waals surface area contributed by atoms with Crippen molar-refractivity contribution in [2.45, 2.75) is 18.9 Å². The highest BCUT2D eigenvalue weighted by Crippen LogP contribution is 2.40. The van der Waals surface area contributed by atoms with Crippen molar-refractivity contribution in [2.24, 2.45) is 4.99 Å². The highest BCUT2D eigenvalue weighted by Gasteiger charge is 2.43. The Kier molecular flexibility index (Phi) is 6.00. The number of halogens is 5. The van der Waals surface area contributed by atoms with Crippen LogP contribution in [0.4, 0.5) is 13.2 Å². The van der Waals surface area contributed by atoms with Crippen LogP contribution >= 0.6 is 23.2 Å². The van der Waals surface area contributed by atoms with E-state index in [2.05, 4.69) is 9.98 Å². The molecule has 35 heavy (non-hydrogen) atoms. The van der Waals surface area contributed by atoms with E-state index >= 15 is 0 Å². The van der Waals surface area contributed by atoms with Gasteiger partial charge < -0.3 is 4.57 Å². The molecule has 1 atom stereocenters. The molecule has 3 heterocycles. The van der Waals surface area contributed by atoms with Gasteiger partial charge in [-0.25, -0.2) is 9.83 Å². The maximum Gasteiger partial charge on any atom is 0.432 e. The van der Waals surface area contributed by atoms with Crippen LogP contribution in [0.15, 0.2) is 72.0 Å². The Morgan fingerprint density at radius 1 is 1.06 bits per heavy atom. The Morgan fingerprint density at radius 2 is 1.80 bits per heavy atom. The zero-order valence-corrected chi connectivity index (χ0v) is 19.2. The average molecular weight is 519 g/mol. The second kappa shape index (κ2) is 8.99. The number of aliphatic imine (C=N–C) groups is 1. The molecule has 0 spiro atoms. The summed E-state index contributed by atoms with van der Waals surface area (Å²) in [6.07, 6.45) is -1.61. The van der Waals surface area contributed by atoms with Gasteiger partial charge in [0.25, 0.3) is 5.91 Å². The lowest BCUT2D eigenvalue weighted by atomic mass is 10.1. The van der Waals surface area contributed by atoms with Crippen molar-refractivity contribution >= 4 is 46.4 Å². The number of pyridine rings is 1. The number of aromatic nitrogens is 2. The van der Waals surface area contributed by atoms with Crippen molar-refractivity contribution in [3.8, 4) is 0 Å². The van der Waals surface area contributed by atoms with Gasteiger partial charge in [0.1, 0.15) is 12.0 Å². The summed E-state index contributed by atoms with van der Waals surface area (Å²) in [4.78, 5) is 27.0. The molecule has 4 aromatic rings. The first-order valence-electron chi connectivity index (χ1n) is 10.3. The number of carbonyl (C=O) groups excluding carboxylic acids is 1. The largest absolute Gasteiger partial charge is 0.432 e. The first kappa shape index (κ1) is 23.3. The minimum Gasteiger partial charge on any atom is -0.332 e. The van der Waals surface area contributed by atoms with Gasteiger partial charge >= 0.3 is 6.18 Å². The summed E-state index contributed by atoms with van der Waals surface area (Å²) in [5.41, 5.74) is -0.421. The predicted molar refractivity (Wildman–Crippen MR) is 125 cm³/mol. The van der Waals surface area contributed by atoms with E-state index in [-0.39, 0.29) is 22.5 Å². The Morgan fingerprint density at radius 3 is 2.51 bits per heavy atom. The maximum atomic E-state index is 14.5. The lowest BCUT2D eigenvalue weighted by Gasteiger charge is -2.18. The molecule has 1 aliphatic heterocycles. The van der Waals surface area contributed by atoms with Crippen LogP contribution in [-0.2, 0) is 17.6 Å². The number of nitrogens with zero attached hydrogens (tertiary/aromatic N) is 4. The van der Waals surface area contributed by atoms with Crippen LogP contribution in [0, 0.1) is 0 Å². The number of para-hydroxylation sites is 1. The molecular formula is C24H15Cl2F3N4O2. The lowest BCUT2D eigenvalue weighted by Crippen LogP contribution is -2.29. The SMILES string of the molecule is O=C(c1c(C(F)(F)F)n(Cc2ccc(Cl)cc2Cl)c2ccccc12)N1C=NC(c2ccncc2)O1. The van der Waals surface area contributed by atoms with Gasteiger partial charge in [0.2, 0.25) is 6.23 Å². The topological polar surface area (TPSA) is 59.7 Å². The van der Waals surface area contributed by atoms with Crippen LogP contribution in [0.1, 0.15) is 33.4 Å². The summed E-state index contributed by atoms with van der Waals surface area (Å²) in [7, 11) is 0. The summed E-state index contributed by atoms with van der Waals surface area (Å²) in [5.74, 6) is -0.991. The lowest BCUT2D eigenvalue weighted by molar-refractivity contribution is -0.144. The highest BCUT2D eigenvalue weighted by molar-refractivity contribution is 6.35. The maximum absolute atomic E-state index is 14.5. The molecule has 1 aliphatic rings. The fourth-order valence-corrected chi connectivity index (χ4v) is 4.44. The Bertz CT molecular complexity index is 1450. The van der Waals surface area contributed by atoms with Crippen LogP contribution in [0.5, 0.6) is 0 Å². The van der Waals surface area contributed by atoms with Gasteiger partial charge in [-0.3, -0.25) is 9.78 Å². The second-order valence-corrected chi connectivity index (χ2v) is 8.54. The first-order valence-corrected chi connectivity index (χ1v) is 11.1. The van der Waals surface area contributed by atoms with Gasteiger partial charge in [0, 0.05) is 45.5 Å². The summed E-state index contributed by atoms with van der Waals surface area (Å²) in [6, 6.07) is 14.0. The van der Waals surface area contributed by atoms with Crippen molar-refractivity contribution < 1.29 is 22.8 Å². The molecular weight excluding hydrogens is 504 g/mol. The van der Waals surface area contributed by atoms with E-state index in [1.54, 1.807) is 36.4 Å². The number of alkyl halides is 3. The predicted octanol–water partition coefficient (Wildman–Crippen LogP) is 6.52. The smallest absolute Gasteiger partial charge is 0.332 e. The number of carbonyl (C=O) groups is 1. The molecule has 0 N–H and O–H groups in total. The molecule has 0 saturated heterocycles. The fraction of sp³-hybridized carbons (Fsp3) is 0.125. The van der Waals surface area contributed by atoms with Crippen LogP contribution in [0.25, 0.3) is 10.9 Å². The first-order chi connectivity index (χ1) is 16.7. The van der Waals surface area contributed by atoms with Crippen LogP contribution < -0.4 is 0 Å². The van der Waals surface area contributed by atoms with Gasteiger partial charge in [0.15, 0.2) is 0 Å². The quantitative estimate of drug-likeness (QED) is 0.308. The van der Waals surface area contributed by atoms with Crippen LogP contribution in [0.2, 0.25) is 10.0 Å². The zero-order valence-electron chi connectivity index (χ0n) is 17.7. The van der Waals surface area contributed by atoms with E-state index < -0.39 is 29.6 Å². The van der Waals surface area contributed by atoms with Crippen molar-refractivity contribution in [1.82, 2.24) is 14.6 Å². The molecule has 0 aliphatic carbocycles. The molecule has 2 aromatic heterocycles. The average Bonchev–Trinajstić information content (AvgIpc) is 3.45. The van der Waals surface area contributed by atoms with Crippen molar-refractivity contribution in [1.29, 1.82) is 0 Å². The molecule has 1 unspecified atom stereocenters. The Labute approximate surface area is 207 Å². The number of hydrogen-bond donors (Lipinski definition) is 0. The van der Waals surface area contributed by atoms with Gasteiger partial charge in [-0.1, -0.05) is 47.5 Å². The van der Waals surface area contributed by atoms with E-state index in [0.717, 1.165) is 16.0 Å². The molecule has 0 bridgehead atoms. The van der Waals surface area contributed by atoms with Crippen LogP contribution in [-0.4, -0.2) is 26.9 Å². The molecule has 11 heteroatoms. The fourth-order valence-electron chi connectivity index (χ4n) is 3.97. The molecule has 178 valence electrons. The molecule has 2 aromatic carbocycles. The summed E-state index contributed by atoms with van der Waals surface area (Å²) in [5, 5.41) is 1.42. The molecule has 6 nitrogen and oxygen atoms in total. The second-order valence-electron chi connectivity index (χ2n) is 7.69. The number of amides is 1. The normalized spacial score (nSPS) is 15.8. The van der Waals surface area contributed by atoms with Gasteiger partial charge in [-0.2, -0.15) is 18.2 Å².